The molecule has 0 aliphatic carbocycles. The van der Waals surface area contributed by atoms with Gasteiger partial charge in [-0.1, -0.05) is 39.3 Å². The third kappa shape index (κ3) is 19.0. The Balaban J connectivity index is 1.97. The highest BCUT2D eigenvalue weighted by Gasteiger charge is 2.29. The van der Waals surface area contributed by atoms with Crippen LogP contribution in [-0.2, 0) is 49.6 Å². The molecule has 0 saturated carbocycles. The lowest BCUT2D eigenvalue weighted by Gasteiger charge is -2.25. The summed E-state index contributed by atoms with van der Waals surface area (Å²) < 4.78 is 0. The predicted octanol–water partition coefficient (Wildman–Crippen LogP) is 0.443. The molecule has 0 saturated heterocycles. The van der Waals surface area contributed by atoms with Crippen molar-refractivity contribution in [1.82, 2.24) is 30.7 Å². The molecular formula is C39H57N7O12. The number of amides is 6. The standard InChI is InChI=1S/C39H57N7O12/c1-4-27-12-14-28(15-13-27)41-38(57)29(42-39(58)37(26(2)3)43-30(47)11-6-5-9-19-46-32(49)16-17-33(46)50)10-7-8-18-40-31(48)22-44(23-34(51)52)20-21-45(24-35(53)54)25-36(55)56/h12-17,26,29,37H,4-11,18-25H2,1-3H3,(H,40,48)(H,41,57)(H,42,58)(H,43,47)(H,51,52)(H,53,54)(H,55,56)/t29-,37-/m0/s1. The minimum atomic E-state index is -1.26. The predicted molar refractivity (Wildman–Crippen MR) is 210 cm³/mol. The number of carbonyl (C=O) groups excluding carboxylic acids is 6. The fourth-order valence-corrected chi connectivity index (χ4v) is 5.99. The lowest BCUT2D eigenvalue weighted by atomic mass is 10.0. The molecule has 0 unspecified atom stereocenters. The summed E-state index contributed by atoms with van der Waals surface area (Å²) in [5.41, 5.74) is 1.59. The number of hydrogen-bond donors (Lipinski definition) is 7. The van der Waals surface area contributed by atoms with Gasteiger partial charge in [-0.15, -0.1) is 0 Å². The van der Waals surface area contributed by atoms with Crippen LogP contribution in [0.1, 0.15) is 71.3 Å². The summed E-state index contributed by atoms with van der Waals surface area (Å²) in [6, 6.07) is 5.29. The van der Waals surface area contributed by atoms with E-state index in [0.29, 0.717) is 37.8 Å². The molecule has 1 heterocycles. The molecule has 320 valence electrons. The van der Waals surface area contributed by atoms with Crippen molar-refractivity contribution < 1.29 is 58.5 Å². The van der Waals surface area contributed by atoms with Crippen LogP contribution in [0.5, 0.6) is 0 Å². The van der Waals surface area contributed by atoms with E-state index in [1.807, 2.05) is 19.1 Å². The topological polar surface area (TPSA) is 272 Å². The second-order valence-electron chi connectivity index (χ2n) is 14.3. The van der Waals surface area contributed by atoms with Crippen LogP contribution in [0.4, 0.5) is 5.69 Å². The molecule has 1 aromatic carbocycles. The maximum absolute atomic E-state index is 13.6. The molecule has 0 aromatic heterocycles. The average molecular weight is 816 g/mol. The number of carboxylic acids is 3. The summed E-state index contributed by atoms with van der Waals surface area (Å²) in [4.78, 5) is 113. The smallest absolute Gasteiger partial charge is 0.317 e. The van der Waals surface area contributed by atoms with Gasteiger partial charge in [0.15, 0.2) is 0 Å². The monoisotopic (exact) mass is 815 g/mol. The molecule has 0 radical (unpaired) electrons. The zero-order valence-electron chi connectivity index (χ0n) is 33.4. The molecule has 1 aliphatic rings. The number of aryl methyl sites for hydroxylation is 1. The number of benzene rings is 1. The van der Waals surface area contributed by atoms with Crippen molar-refractivity contribution in [2.75, 3.05) is 57.7 Å². The first-order chi connectivity index (χ1) is 27.5. The van der Waals surface area contributed by atoms with Gasteiger partial charge in [0.05, 0.1) is 26.2 Å². The van der Waals surface area contributed by atoms with Gasteiger partial charge >= 0.3 is 17.9 Å². The zero-order valence-corrected chi connectivity index (χ0v) is 33.4. The van der Waals surface area contributed by atoms with Crippen LogP contribution in [0.3, 0.4) is 0 Å². The van der Waals surface area contributed by atoms with Gasteiger partial charge in [-0.2, -0.15) is 0 Å². The molecular weight excluding hydrogens is 758 g/mol. The Morgan fingerprint density at radius 3 is 1.79 bits per heavy atom. The van der Waals surface area contributed by atoms with E-state index in [9.17, 15) is 48.3 Å². The van der Waals surface area contributed by atoms with Crippen molar-refractivity contribution in [2.24, 2.45) is 5.92 Å². The second kappa shape index (κ2) is 25.5. The normalized spacial score (nSPS) is 13.4. The fraction of sp³-hybridized carbons (Fsp3) is 0.564. The molecule has 7 N–H and O–H groups in total. The third-order valence-corrected chi connectivity index (χ3v) is 9.13. The first-order valence-corrected chi connectivity index (χ1v) is 19.4. The Bertz CT molecular complexity index is 1600. The highest BCUT2D eigenvalue weighted by atomic mass is 16.4. The van der Waals surface area contributed by atoms with Gasteiger partial charge in [0, 0.05) is 50.4 Å². The maximum Gasteiger partial charge on any atom is 0.317 e. The van der Waals surface area contributed by atoms with E-state index in [4.69, 9.17) is 10.2 Å². The van der Waals surface area contributed by atoms with Crippen molar-refractivity contribution in [3.63, 3.8) is 0 Å². The lowest BCUT2D eigenvalue weighted by Crippen LogP contribution is -2.54. The van der Waals surface area contributed by atoms with E-state index in [-0.39, 0.29) is 69.2 Å². The average Bonchev–Trinajstić information content (AvgIpc) is 3.46. The Morgan fingerprint density at radius 1 is 0.690 bits per heavy atom. The van der Waals surface area contributed by atoms with Crippen LogP contribution in [0.15, 0.2) is 36.4 Å². The van der Waals surface area contributed by atoms with Crippen LogP contribution in [0.2, 0.25) is 0 Å². The molecule has 6 amide bonds. The quantitative estimate of drug-likeness (QED) is 0.0428. The number of hydrogen-bond acceptors (Lipinski definition) is 11. The summed E-state index contributed by atoms with van der Waals surface area (Å²) in [5, 5.41) is 38.5. The number of anilines is 1. The van der Waals surface area contributed by atoms with Gasteiger partial charge in [-0.05, 0) is 62.1 Å². The van der Waals surface area contributed by atoms with E-state index in [1.54, 1.807) is 26.0 Å². The molecule has 0 bridgehead atoms. The van der Waals surface area contributed by atoms with Crippen LogP contribution < -0.4 is 21.3 Å². The Hall–Kier alpha value is -5.69. The second-order valence-corrected chi connectivity index (χ2v) is 14.3. The summed E-state index contributed by atoms with van der Waals surface area (Å²) in [5.74, 6) is -6.73. The highest BCUT2D eigenvalue weighted by molar-refractivity contribution is 6.12. The molecule has 2 atom stereocenters. The Morgan fingerprint density at radius 2 is 1.26 bits per heavy atom. The number of imide groups is 1. The summed E-state index contributed by atoms with van der Waals surface area (Å²) in [7, 11) is 0. The van der Waals surface area contributed by atoms with E-state index in [2.05, 4.69) is 21.3 Å². The fourth-order valence-electron chi connectivity index (χ4n) is 5.99. The molecule has 19 nitrogen and oxygen atoms in total. The maximum atomic E-state index is 13.6. The molecule has 1 aliphatic heterocycles. The Labute approximate surface area is 337 Å². The number of aliphatic carboxylic acids is 3. The van der Waals surface area contributed by atoms with E-state index in [1.165, 1.54) is 17.1 Å². The molecule has 0 spiro atoms. The van der Waals surface area contributed by atoms with Crippen molar-refractivity contribution in [1.29, 1.82) is 0 Å². The van der Waals surface area contributed by atoms with Gasteiger partial charge in [-0.3, -0.25) is 57.9 Å². The van der Waals surface area contributed by atoms with Gasteiger partial charge in [0.2, 0.25) is 23.6 Å². The minimum Gasteiger partial charge on any atom is -0.480 e. The highest BCUT2D eigenvalue weighted by Crippen LogP contribution is 2.13. The number of nitrogens with zero attached hydrogens (tertiary/aromatic N) is 3. The first-order valence-electron chi connectivity index (χ1n) is 19.4. The third-order valence-electron chi connectivity index (χ3n) is 9.13. The number of unbranched alkanes of at least 4 members (excludes halogenated alkanes) is 3. The van der Waals surface area contributed by atoms with Crippen molar-refractivity contribution in [3.8, 4) is 0 Å². The number of carboxylic acid groups (broad SMARTS) is 3. The number of nitrogens with one attached hydrogen (secondary N) is 4. The van der Waals surface area contributed by atoms with Gasteiger partial charge in [-0.25, -0.2) is 0 Å². The van der Waals surface area contributed by atoms with Gasteiger partial charge in [0.1, 0.15) is 12.1 Å². The largest absolute Gasteiger partial charge is 0.480 e. The van der Waals surface area contributed by atoms with E-state index in [0.717, 1.165) is 21.8 Å². The molecule has 0 fully saturated rings. The molecule has 1 aromatic rings. The first kappa shape index (κ1) is 48.5. The SMILES string of the molecule is CCc1ccc(NC(=O)[C@H](CCCCNC(=O)CN(CCN(CC(=O)O)CC(=O)O)CC(=O)O)NC(=O)[C@@H](NC(=O)CCCCCN2C(=O)C=CC2=O)C(C)C)cc1. The van der Waals surface area contributed by atoms with Crippen LogP contribution in [0, 0.1) is 5.92 Å². The molecule has 58 heavy (non-hydrogen) atoms. The minimum absolute atomic E-state index is 0.0843. The van der Waals surface area contributed by atoms with Gasteiger partial charge in [0.25, 0.3) is 11.8 Å². The van der Waals surface area contributed by atoms with Crippen LogP contribution >= 0.6 is 0 Å². The van der Waals surface area contributed by atoms with Gasteiger partial charge < -0.3 is 36.6 Å². The number of carbonyl (C=O) groups is 9. The van der Waals surface area contributed by atoms with E-state index < -0.39 is 67.3 Å². The van der Waals surface area contributed by atoms with E-state index >= 15 is 0 Å². The Kier molecular flexibility index (Phi) is 21.3. The van der Waals surface area contributed by atoms with Crippen LogP contribution in [-0.4, -0.2) is 148 Å². The number of rotatable bonds is 29. The van der Waals surface area contributed by atoms with Crippen molar-refractivity contribution in [3.05, 3.63) is 42.0 Å². The lowest BCUT2D eigenvalue weighted by molar-refractivity contribution is -0.143. The summed E-state index contributed by atoms with van der Waals surface area (Å²) in [6.07, 6.45) is 5.84. The summed E-state index contributed by atoms with van der Waals surface area (Å²) in [6.45, 7) is 3.68. The van der Waals surface area contributed by atoms with Crippen molar-refractivity contribution >= 4 is 59.0 Å². The zero-order chi connectivity index (χ0) is 43.2. The summed E-state index contributed by atoms with van der Waals surface area (Å²) >= 11 is 0. The van der Waals surface area contributed by atoms with Crippen molar-refractivity contribution in [2.45, 2.75) is 84.2 Å². The molecule has 2 rings (SSSR count). The van der Waals surface area contributed by atoms with Crippen LogP contribution in [0.25, 0.3) is 0 Å². The molecule has 19 heteroatoms.